The van der Waals surface area contributed by atoms with Crippen molar-refractivity contribution in [1.82, 2.24) is 0 Å². The predicted molar refractivity (Wildman–Crippen MR) is 104 cm³/mol. The first-order valence-electron chi connectivity index (χ1n) is 8.33. The summed E-state index contributed by atoms with van der Waals surface area (Å²) in [5.74, 6) is -0.254. The molecule has 0 atom stereocenters. The van der Waals surface area contributed by atoms with Gasteiger partial charge in [-0.15, -0.1) is 11.3 Å². The normalized spacial score (nSPS) is 10.5. The van der Waals surface area contributed by atoms with Crippen LogP contribution in [0.1, 0.15) is 33.3 Å². The topological polar surface area (TPSA) is 38.3 Å². The molecule has 2 aromatic carbocycles. The molecule has 0 saturated heterocycles. The summed E-state index contributed by atoms with van der Waals surface area (Å²) in [7, 11) is 0. The van der Waals surface area contributed by atoms with E-state index < -0.39 is 0 Å². The van der Waals surface area contributed by atoms with Crippen LogP contribution in [0, 0.1) is 6.92 Å². The molecule has 0 bridgehead atoms. The van der Waals surface area contributed by atoms with Gasteiger partial charge in [-0.25, -0.2) is 4.79 Å². The number of rotatable bonds is 6. The van der Waals surface area contributed by atoms with E-state index in [0.29, 0.717) is 5.56 Å². The maximum Gasteiger partial charge on any atom is 0.339 e. The standard InChI is InChI=1S/C21H21NO2S/c1-3-18-15(2)25-14-19(18)21(23)24-13-16-9-7-8-12-20(16)22-17-10-5-4-6-11-17/h4-12,14,22H,3,13H2,1-2H3. The largest absolute Gasteiger partial charge is 0.457 e. The first-order valence-corrected chi connectivity index (χ1v) is 9.21. The van der Waals surface area contributed by atoms with Gasteiger partial charge in [-0.05, 0) is 37.1 Å². The SMILES string of the molecule is CCc1c(C(=O)OCc2ccccc2Nc2ccccc2)csc1C. The van der Waals surface area contributed by atoms with Gasteiger partial charge in [-0.3, -0.25) is 0 Å². The molecule has 0 radical (unpaired) electrons. The molecule has 3 aromatic rings. The maximum atomic E-state index is 12.4. The number of nitrogens with one attached hydrogen (secondary N) is 1. The van der Waals surface area contributed by atoms with Crippen LogP contribution in [0.4, 0.5) is 11.4 Å². The van der Waals surface area contributed by atoms with Gasteiger partial charge >= 0.3 is 5.97 Å². The molecule has 0 saturated carbocycles. The van der Waals surface area contributed by atoms with Crippen LogP contribution in [-0.4, -0.2) is 5.97 Å². The number of anilines is 2. The first kappa shape index (κ1) is 17.2. The number of thiophene rings is 1. The van der Waals surface area contributed by atoms with Crippen LogP contribution in [0.15, 0.2) is 60.0 Å². The van der Waals surface area contributed by atoms with Crippen LogP contribution in [-0.2, 0) is 17.8 Å². The Kier molecular flexibility index (Phi) is 5.51. The lowest BCUT2D eigenvalue weighted by atomic mass is 10.1. The second-order valence-corrected chi connectivity index (χ2v) is 6.85. The summed E-state index contributed by atoms with van der Waals surface area (Å²) < 4.78 is 5.58. The minimum Gasteiger partial charge on any atom is -0.457 e. The summed E-state index contributed by atoms with van der Waals surface area (Å²) in [4.78, 5) is 13.6. The van der Waals surface area contributed by atoms with Gasteiger partial charge in [-0.1, -0.05) is 43.3 Å². The lowest BCUT2D eigenvalue weighted by Gasteiger charge is -2.12. The third-order valence-electron chi connectivity index (χ3n) is 4.11. The fourth-order valence-electron chi connectivity index (χ4n) is 2.76. The summed E-state index contributed by atoms with van der Waals surface area (Å²) >= 11 is 1.60. The third-order valence-corrected chi connectivity index (χ3v) is 5.06. The smallest absolute Gasteiger partial charge is 0.339 e. The Bertz CT molecular complexity index is 855. The summed E-state index contributed by atoms with van der Waals surface area (Å²) in [5, 5.41) is 5.27. The second kappa shape index (κ2) is 7.99. The van der Waals surface area contributed by atoms with Gasteiger partial charge in [0, 0.05) is 27.2 Å². The number of carbonyl (C=O) groups is 1. The van der Waals surface area contributed by atoms with Crippen molar-refractivity contribution in [2.45, 2.75) is 26.9 Å². The molecular weight excluding hydrogens is 330 g/mol. The zero-order valence-corrected chi connectivity index (χ0v) is 15.2. The molecule has 3 rings (SSSR count). The number of hydrogen-bond acceptors (Lipinski definition) is 4. The molecule has 0 aliphatic rings. The van der Waals surface area contributed by atoms with E-state index in [1.807, 2.05) is 66.9 Å². The van der Waals surface area contributed by atoms with Gasteiger partial charge in [0.2, 0.25) is 0 Å². The summed E-state index contributed by atoms with van der Waals surface area (Å²) in [6.45, 7) is 4.34. The van der Waals surface area contributed by atoms with E-state index >= 15 is 0 Å². The van der Waals surface area contributed by atoms with E-state index in [0.717, 1.165) is 28.9 Å². The molecule has 3 nitrogen and oxygen atoms in total. The lowest BCUT2D eigenvalue weighted by molar-refractivity contribution is 0.0473. The molecule has 0 amide bonds. The fourth-order valence-corrected chi connectivity index (χ4v) is 3.69. The van der Waals surface area contributed by atoms with Gasteiger partial charge in [0.05, 0.1) is 5.56 Å². The highest BCUT2D eigenvalue weighted by molar-refractivity contribution is 7.10. The molecule has 0 spiro atoms. The van der Waals surface area contributed by atoms with Crippen molar-refractivity contribution in [1.29, 1.82) is 0 Å². The van der Waals surface area contributed by atoms with E-state index in [1.54, 1.807) is 11.3 Å². The van der Waals surface area contributed by atoms with E-state index in [2.05, 4.69) is 12.2 Å². The first-order chi connectivity index (χ1) is 12.2. The number of hydrogen-bond donors (Lipinski definition) is 1. The van der Waals surface area contributed by atoms with Gasteiger partial charge in [0.15, 0.2) is 0 Å². The Labute approximate surface area is 152 Å². The molecule has 0 unspecified atom stereocenters. The Morgan fingerprint density at radius 3 is 2.56 bits per heavy atom. The van der Waals surface area contributed by atoms with Crippen molar-refractivity contribution in [3.63, 3.8) is 0 Å². The van der Waals surface area contributed by atoms with Gasteiger partial charge in [0.25, 0.3) is 0 Å². The molecule has 128 valence electrons. The Morgan fingerprint density at radius 2 is 1.80 bits per heavy atom. The Morgan fingerprint density at radius 1 is 1.08 bits per heavy atom. The quantitative estimate of drug-likeness (QED) is 0.577. The minimum absolute atomic E-state index is 0.243. The monoisotopic (exact) mass is 351 g/mol. The molecule has 0 aliphatic heterocycles. The number of esters is 1. The summed E-state index contributed by atoms with van der Waals surface area (Å²) in [6, 6.07) is 17.8. The number of ether oxygens (including phenoxy) is 1. The van der Waals surface area contributed by atoms with Crippen LogP contribution < -0.4 is 5.32 Å². The number of para-hydroxylation sites is 2. The molecule has 1 aromatic heterocycles. The zero-order valence-electron chi connectivity index (χ0n) is 14.4. The molecule has 1 N–H and O–H groups in total. The van der Waals surface area contributed by atoms with Crippen molar-refractivity contribution in [3.8, 4) is 0 Å². The minimum atomic E-state index is -0.254. The van der Waals surface area contributed by atoms with Crippen LogP contribution in [0.3, 0.4) is 0 Å². The Balaban J connectivity index is 1.72. The van der Waals surface area contributed by atoms with E-state index in [9.17, 15) is 4.79 Å². The average Bonchev–Trinajstić information content (AvgIpc) is 3.02. The number of aryl methyl sites for hydroxylation is 1. The van der Waals surface area contributed by atoms with Crippen molar-refractivity contribution < 1.29 is 9.53 Å². The van der Waals surface area contributed by atoms with Gasteiger partial charge in [0.1, 0.15) is 6.61 Å². The van der Waals surface area contributed by atoms with E-state index in [1.165, 1.54) is 4.88 Å². The highest BCUT2D eigenvalue weighted by Crippen LogP contribution is 2.25. The van der Waals surface area contributed by atoms with E-state index in [4.69, 9.17) is 4.74 Å². The summed E-state index contributed by atoms with van der Waals surface area (Å²) in [5.41, 5.74) is 4.68. The highest BCUT2D eigenvalue weighted by atomic mass is 32.1. The van der Waals surface area contributed by atoms with Gasteiger partial charge < -0.3 is 10.1 Å². The number of carbonyl (C=O) groups excluding carboxylic acids is 1. The molecule has 4 heteroatoms. The average molecular weight is 351 g/mol. The van der Waals surface area contributed by atoms with Crippen LogP contribution in [0.2, 0.25) is 0 Å². The van der Waals surface area contributed by atoms with Crippen molar-refractivity contribution in [2.75, 3.05) is 5.32 Å². The van der Waals surface area contributed by atoms with Crippen LogP contribution in [0.25, 0.3) is 0 Å². The Hall–Kier alpha value is -2.59. The van der Waals surface area contributed by atoms with Gasteiger partial charge in [-0.2, -0.15) is 0 Å². The molecule has 25 heavy (non-hydrogen) atoms. The molecular formula is C21H21NO2S. The fraction of sp³-hybridized carbons (Fsp3) is 0.190. The van der Waals surface area contributed by atoms with E-state index in [-0.39, 0.29) is 12.6 Å². The molecule has 1 heterocycles. The molecule has 0 aliphatic carbocycles. The second-order valence-electron chi connectivity index (χ2n) is 5.76. The number of benzene rings is 2. The van der Waals surface area contributed by atoms with Crippen LogP contribution in [0.5, 0.6) is 0 Å². The van der Waals surface area contributed by atoms with Crippen molar-refractivity contribution >= 4 is 28.7 Å². The maximum absolute atomic E-state index is 12.4. The zero-order chi connectivity index (χ0) is 17.6. The summed E-state index contributed by atoms with van der Waals surface area (Å²) in [6.07, 6.45) is 0.839. The van der Waals surface area contributed by atoms with Crippen molar-refractivity contribution in [3.05, 3.63) is 81.5 Å². The molecule has 0 fully saturated rings. The predicted octanol–water partition coefficient (Wildman–Crippen LogP) is 5.72. The van der Waals surface area contributed by atoms with Crippen molar-refractivity contribution in [2.24, 2.45) is 0 Å². The third kappa shape index (κ3) is 4.09. The van der Waals surface area contributed by atoms with Crippen LogP contribution >= 0.6 is 11.3 Å². The lowest BCUT2D eigenvalue weighted by Crippen LogP contribution is -2.08. The highest BCUT2D eigenvalue weighted by Gasteiger charge is 2.16.